The number of Topliss-reactive ketones (excluding diaryl/α,β-unsaturated/α-hetero) is 1. The number of ketones is 1. The number of halogens is 1. The van der Waals surface area contributed by atoms with Gasteiger partial charge in [-0.05, 0) is 110 Å². The molecule has 1 saturated carbocycles. The number of carbonyl (C=O) groups excluding carboxylic acids is 6. The summed E-state index contributed by atoms with van der Waals surface area (Å²) < 4.78 is 14.1. The lowest BCUT2D eigenvalue weighted by atomic mass is 9.84. The van der Waals surface area contributed by atoms with Gasteiger partial charge in [-0.25, -0.2) is 4.39 Å². The predicted molar refractivity (Wildman–Crippen MR) is 261 cm³/mol. The lowest BCUT2D eigenvalue weighted by molar-refractivity contribution is -0.147. The van der Waals surface area contributed by atoms with E-state index in [1.54, 1.807) is 21.9 Å². The maximum absolute atomic E-state index is 14.2. The summed E-state index contributed by atoms with van der Waals surface area (Å²) >= 11 is 0. The normalized spacial score (nSPS) is 17.4. The fourth-order valence-corrected chi connectivity index (χ4v) is 9.85. The molecule has 2 aliphatic rings. The van der Waals surface area contributed by atoms with Crippen LogP contribution in [-0.2, 0) is 41.9 Å². The molecular weight excluding hydrogens is 860 g/mol. The van der Waals surface area contributed by atoms with Crippen molar-refractivity contribution in [3.63, 3.8) is 0 Å². The summed E-state index contributed by atoms with van der Waals surface area (Å²) in [6, 6.07) is 37.5. The molecule has 68 heavy (non-hydrogen) atoms. The Morgan fingerprint density at radius 2 is 1.07 bits per heavy atom. The molecule has 5 aromatic rings. The molecule has 1 heterocycles. The van der Waals surface area contributed by atoms with Gasteiger partial charge in [-0.2, -0.15) is 0 Å². The first-order chi connectivity index (χ1) is 32.9. The molecule has 5 amide bonds. The molecule has 0 spiro atoms. The lowest BCUT2D eigenvalue weighted by Gasteiger charge is -2.34. The highest BCUT2D eigenvalue weighted by atomic mass is 19.1. The van der Waals surface area contributed by atoms with E-state index in [0.717, 1.165) is 28.8 Å². The molecule has 1 saturated heterocycles. The van der Waals surface area contributed by atoms with Crippen molar-refractivity contribution in [3.8, 4) is 0 Å². The van der Waals surface area contributed by atoms with Crippen LogP contribution in [0.25, 0.3) is 0 Å². The average molecular weight is 921 g/mol. The highest BCUT2D eigenvalue weighted by molar-refractivity contribution is 6.00. The smallest absolute Gasteiger partial charge is 0.250 e. The van der Waals surface area contributed by atoms with Gasteiger partial charge in [0.2, 0.25) is 23.6 Å². The first-order valence-electron chi connectivity index (χ1n) is 23.6. The Morgan fingerprint density at radius 1 is 0.588 bits per heavy atom. The zero-order valence-corrected chi connectivity index (χ0v) is 39.3. The Hall–Kier alpha value is -7.15. The van der Waals surface area contributed by atoms with E-state index < -0.39 is 30.0 Å². The van der Waals surface area contributed by atoms with E-state index in [0.29, 0.717) is 75.3 Å². The Bertz CT molecular complexity index is 2390. The van der Waals surface area contributed by atoms with E-state index in [9.17, 15) is 33.2 Å². The number of carbonyl (C=O) groups is 6. The summed E-state index contributed by atoms with van der Waals surface area (Å²) in [4.78, 5) is 88.2. The van der Waals surface area contributed by atoms with Crippen LogP contribution in [0.5, 0.6) is 0 Å². The van der Waals surface area contributed by atoms with Gasteiger partial charge in [-0.3, -0.25) is 28.8 Å². The maximum atomic E-state index is 14.2. The number of hydrogen-bond donors (Lipinski definition) is 2. The van der Waals surface area contributed by atoms with Gasteiger partial charge in [0, 0.05) is 75.5 Å². The largest absolute Gasteiger partial charge is 0.363 e. The quantitative estimate of drug-likeness (QED) is 0.0894. The number of likely N-dealkylation sites (N-methyl/N-ethyl adjacent to an activating group) is 2. The lowest BCUT2D eigenvalue weighted by Crippen LogP contribution is -2.49. The maximum Gasteiger partial charge on any atom is 0.250 e. The molecule has 5 aromatic carbocycles. The molecule has 12 nitrogen and oxygen atoms in total. The van der Waals surface area contributed by atoms with Crippen LogP contribution in [0.4, 0.5) is 21.5 Å². The second-order valence-corrected chi connectivity index (χ2v) is 17.7. The second-order valence-electron chi connectivity index (χ2n) is 17.7. The van der Waals surface area contributed by atoms with Crippen LogP contribution < -0.4 is 15.5 Å². The molecule has 2 fully saturated rings. The molecule has 354 valence electrons. The van der Waals surface area contributed by atoms with Crippen LogP contribution in [0.2, 0.25) is 0 Å². The summed E-state index contributed by atoms with van der Waals surface area (Å²) in [5.74, 6) is -2.74. The SMILES string of the molecule is CCN(C(C)=O)[C@@H](C(=O)C1CCC[C@H]1C(=O)Nc1ccc(CN(Cc2ccc(NC(=O)[C@@H]3CCCN3C(=O)[C@@H](c3ccccc3)N(CC)C(C)=O)cc2)c2ccc(F)cc2)cc1)c1ccccc1. The van der Waals surface area contributed by atoms with E-state index in [1.807, 2.05) is 123 Å². The van der Waals surface area contributed by atoms with Gasteiger partial charge in [0.05, 0.1) is 0 Å². The molecular formula is C55H61FN6O6. The minimum absolute atomic E-state index is 0.116. The molecule has 1 aliphatic heterocycles. The van der Waals surface area contributed by atoms with E-state index in [1.165, 1.54) is 30.9 Å². The van der Waals surface area contributed by atoms with Crippen LogP contribution in [0.1, 0.15) is 94.1 Å². The monoisotopic (exact) mass is 920 g/mol. The van der Waals surface area contributed by atoms with Crippen molar-refractivity contribution >= 4 is 52.4 Å². The van der Waals surface area contributed by atoms with Crippen molar-refractivity contribution in [2.24, 2.45) is 11.8 Å². The van der Waals surface area contributed by atoms with Crippen LogP contribution in [0, 0.1) is 17.7 Å². The molecule has 13 heteroatoms. The Balaban J connectivity index is 0.999. The first kappa shape index (κ1) is 48.8. The number of hydrogen-bond acceptors (Lipinski definition) is 7. The predicted octanol–water partition coefficient (Wildman–Crippen LogP) is 9.11. The molecule has 2 N–H and O–H groups in total. The second kappa shape index (κ2) is 22.6. The summed E-state index contributed by atoms with van der Waals surface area (Å²) in [5.41, 5.74) is 5.27. The van der Waals surface area contributed by atoms with Crippen LogP contribution in [0.3, 0.4) is 0 Å². The minimum atomic E-state index is -0.838. The summed E-state index contributed by atoms with van der Waals surface area (Å²) in [7, 11) is 0. The third-order valence-electron chi connectivity index (χ3n) is 13.3. The Morgan fingerprint density at radius 3 is 1.59 bits per heavy atom. The zero-order valence-electron chi connectivity index (χ0n) is 39.3. The molecule has 0 bridgehead atoms. The highest BCUT2D eigenvalue weighted by Gasteiger charge is 2.43. The van der Waals surface area contributed by atoms with Gasteiger partial charge in [0.15, 0.2) is 5.78 Å². The van der Waals surface area contributed by atoms with Crippen molar-refractivity contribution in [1.29, 1.82) is 0 Å². The van der Waals surface area contributed by atoms with Crippen molar-refractivity contribution in [3.05, 3.63) is 162 Å². The van der Waals surface area contributed by atoms with Gasteiger partial charge in [0.1, 0.15) is 23.9 Å². The third-order valence-corrected chi connectivity index (χ3v) is 13.3. The van der Waals surface area contributed by atoms with Gasteiger partial charge in [-0.1, -0.05) is 91.3 Å². The highest BCUT2D eigenvalue weighted by Crippen LogP contribution is 2.39. The third kappa shape index (κ3) is 11.5. The van der Waals surface area contributed by atoms with Crippen molar-refractivity contribution in [2.75, 3.05) is 35.2 Å². The number of rotatable bonds is 18. The fraction of sp³-hybridized carbons (Fsp3) is 0.345. The fourth-order valence-electron chi connectivity index (χ4n) is 9.85. The van der Waals surface area contributed by atoms with Crippen molar-refractivity contribution in [1.82, 2.24) is 14.7 Å². The average Bonchev–Trinajstić information content (AvgIpc) is 4.05. The van der Waals surface area contributed by atoms with E-state index in [2.05, 4.69) is 15.5 Å². The summed E-state index contributed by atoms with van der Waals surface area (Å²) in [5, 5.41) is 6.06. The molecule has 1 aliphatic carbocycles. The molecule has 0 aromatic heterocycles. The van der Waals surface area contributed by atoms with E-state index >= 15 is 0 Å². The topological polar surface area (TPSA) is 139 Å². The molecule has 0 radical (unpaired) electrons. The molecule has 5 atom stereocenters. The Labute approximate surface area is 398 Å². The Kier molecular flexibility index (Phi) is 16.2. The van der Waals surface area contributed by atoms with Crippen LogP contribution in [-0.4, -0.2) is 75.7 Å². The van der Waals surface area contributed by atoms with E-state index in [-0.39, 0.29) is 41.1 Å². The number of likely N-dealkylation sites (tertiary alicyclic amines) is 1. The van der Waals surface area contributed by atoms with Crippen LogP contribution >= 0.6 is 0 Å². The molecule has 1 unspecified atom stereocenters. The number of amides is 5. The van der Waals surface area contributed by atoms with Crippen molar-refractivity contribution in [2.45, 2.75) is 91.0 Å². The molecule has 7 rings (SSSR count). The number of nitrogens with one attached hydrogen (secondary N) is 2. The van der Waals surface area contributed by atoms with Gasteiger partial charge >= 0.3 is 0 Å². The standard InChI is InChI=1S/C55H61FN6O6/c1-5-60(37(3)63)50(41-15-9-7-10-16-41)52(65)47-19-13-20-48(47)53(66)57-44-28-22-39(23-29-44)35-59(46-32-26-43(56)27-33-46)36-40-24-30-45(31-25-40)58-54(67)49-21-14-34-62(49)55(68)51(61(6-2)38(4)64)42-17-11-8-12-18-42/h7-12,15-18,22-33,47-51H,5-6,13-14,19-21,34-36H2,1-4H3,(H,57,66)(H,58,67)/t47?,48-,49+,50-,51-/m1/s1. The number of anilines is 3. The number of benzene rings is 5. The van der Waals surface area contributed by atoms with Crippen LogP contribution in [0.15, 0.2) is 133 Å². The summed E-state index contributed by atoms with van der Waals surface area (Å²) in [6.07, 6.45) is 3.05. The summed E-state index contributed by atoms with van der Waals surface area (Å²) in [6.45, 7) is 8.63. The van der Waals surface area contributed by atoms with Crippen molar-refractivity contribution < 1.29 is 33.2 Å². The van der Waals surface area contributed by atoms with Gasteiger partial charge in [0.25, 0.3) is 5.91 Å². The van der Waals surface area contributed by atoms with E-state index in [4.69, 9.17) is 0 Å². The first-order valence-corrected chi connectivity index (χ1v) is 23.6. The number of nitrogens with zero attached hydrogens (tertiary/aromatic N) is 4. The zero-order chi connectivity index (χ0) is 48.3. The minimum Gasteiger partial charge on any atom is -0.363 e. The van der Waals surface area contributed by atoms with Gasteiger partial charge in [-0.15, -0.1) is 0 Å². The van der Waals surface area contributed by atoms with Gasteiger partial charge < -0.3 is 30.2 Å².